The van der Waals surface area contributed by atoms with E-state index in [1.807, 2.05) is 54.6 Å². The number of H-pyrrole nitrogens is 2. The minimum absolute atomic E-state index is 0.0461. The summed E-state index contributed by atoms with van der Waals surface area (Å²) in [6.07, 6.45) is 1.82. The lowest BCUT2D eigenvalue weighted by Gasteiger charge is -2.24. The van der Waals surface area contributed by atoms with Crippen LogP contribution >= 0.6 is 0 Å². The average molecular weight is 447 g/mol. The molecule has 4 rings (SSSR count). The number of nitrogen functional groups attached to an aromatic ring is 1. The highest BCUT2D eigenvalue weighted by Gasteiger charge is 2.25. The second kappa shape index (κ2) is 9.58. The van der Waals surface area contributed by atoms with Crippen LogP contribution in [0.1, 0.15) is 11.1 Å². The fraction of sp³-hybridized carbons (Fsp3) is 0.208. The Morgan fingerprint density at radius 2 is 1.82 bits per heavy atom. The Balaban J connectivity index is 1.73. The number of aromatic amines is 2. The molecule has 0 unspecified atom stereocenters. The summed E-state index contributed by atoms with van der Waals surface area (Å²) >= 11 is 0. The first kappa shape index (κ1) is 22.1. The molecule has 0 spiro atoms. The second-order valence-electron chi connectivity index (χ2n) is 7.64. The van der Waals surface area contributed by atoms with Gasteiger partial charge in [-0.15, -0.1) is 0 Å². The fourth-order valence-electron chi connectivity index (χ4n) is 3.84. The number of nitrogens with zero attached hydrogens (tertiary/aromatic N) is 2. The first-order chi connectivity index (χ1) is 16.0. The van der Waals surface area contributed by atoms with Crippen molar-refractivity contribution in [3.8, 4) is 0 Å². The van der Waals surface area contributed by atoms with Gasteiger partial charge in [0.15, 0.2) is 5.69 Å². The van der Waals surface area contributed by atoms with Crippen molar-refractivity contribution >= 4 is 28.3 Å². The number of amides is 1. The van der Waals surface area contributed by atoms with Crippen molar-refractivity contribution in [2.24, 2.45) is 0 Å². The highest BCUT2D eigenvalue weighted by Crippen LogP contribution is 2.22. The van der Waals surface area contributed by atoms with Crippen LogP contribution in [-0.2, 0) is 22.5 Å². The van der Waals surface area contributed by atoms with Crippen molar-refractivity contribution < 1.29 is 9.53 Å². The zero-order chi connectivity index (χ0) is 23.4. The Hall–Kier alpha value is -4.11. The molecule has 33 heavy (non-hydrogen) atoms. The van der Waals surface area contributed by atoms with Crippen molar-refractivity contribution in [1.29, 1.82) is 0 Å². The summed E-state index contributed by atoms with van der Waals surface area (Å²) in [7, 11) is 1.51. The largest absolute Gasteiger partial charge is 0.383 e. The van der Waals surface area contributed by atoms with Gasteiger partial charge in [0.2, 0.25) is 5.91 Å². The highest BCUT2D eigenvalue weighted by molar-refractivity contribution is 5.99. The summed E-state index contributed by atoms with van der Waals surface area (Å²) in [5.41, 5.74) is 7.43. The number of aromatic nitrogens is 3. The number of rotatable bonds is 8. The van der Waals surface area contributed by atoms with E-state index in [-0.39, 0.29) is 43.5 Å². The number of nitrogens with two attached hydrogens (primary N) is 1. The minimum atomic E-state index is -0.717. The van der Waals surface area contributed by atoms with Gasteiger partial charge in [0.25, 0.3) is 5.56 Å². The molecule has 4 N–H and O–H groups in total. The van der Waals surface area contributed by atoms with Crippen LogP contribution in [0.4, 0.5) is 11.5 Å². The number of benzene rings is 2. The van der Waals surface area contributed by atoms with E-state index in [0.29, 0.717) is 0 Å². The molecule has 0 radical (unpaired) electrons. The minimum Gasteiger partial charge on any atom is -0.383 e. The molecule has 0 atom stereocenters. The molecule has 0 aliphatic heterocycles. The first-order valence-corrected chi connectivity index (χ1v) is 10.5. The lowest BCUT2D eigenvalue weighted by atomic mass is 10.1. The first-order valence-electron chi connectivity index (χ1n) is 10.5. The lowest BCUT2D eigenvalue weighted by molar-refractivity contribution is -0.118. The molecule has 1 amide bonds. The van der Waals surface area contributed by atoms with Crippen LogP contribution in [0, 0.1) is 0 Å². The SMILES string of the molecule is COCCN(C(=O)Cc1c[nH]c2ccccc12)c1c(N)n(Cc2ccccc2)c(=O)[nH]c1=O. The van der Waals surface area contributed by atoms with E-state index in [0.717, 1.165) is 22.0 Å². The van der Waals surface area contributed by atoms with Gasteiger partial charge in [0, 0.05) is 30.8 Å². The summed E-state index contributed by atoms with van der Waals surface area (Å²) in [6, 6.07) is 16.9. The standard InChI is InChI=1S/C24H25N5O4/c1-33-12-11-28(20(30)13-17-14-26-19-10-6-5-9-18(17)19)21-22(25)29(24(32)27-23(21)31)15-16-7-3-2-4-8-16/h2-10,14,26H,11-13,15,25H2,1H3,(H,27,31,32). The molecule has 0 bridgehead atoms. The second-order valence-corrected chi connectivity index (χ2v) is 7.64. The summed E-state index contributed by atoms with van der Waals surface area (Å²) < 4.78 is 6.41. The summed E-state index contributed by atoms with van der Waals surface area (Å²) in [4.78, 5) is 45.4. The molecular formula is C24H25N5O4. The molecule has 170 valence electrons. The van der Waals surface area contributed by atoms with Gasteiger partial charge in [-0.2, -0.15) is 0 Å². The van der Waals surface area contributed by atoms with Crippen LogP contribution in [0.15, 0.2) is 70.4 Å². The van der Waals surface area contributed by atoms with Gasteiger partial charge in [-0.3, -0.25) is 19.1 Å². The number of carbonyl (C=O) groups is 1. The van der Waals surface area contributed by atoms with E-state index < -0.39 is 11.2 Å². The third kappa shape index (κ3) is 4.58. The van der Waals surface area contributed by atoms with Crippen molar-refractivity contribution in [2.75, 3.05) is 30.9 Å². The van der Waals surface area contributed by atoms with Gasteiger partial charge in [0.1, 0.15) is 5.82 Å². The Labute approximate surface area is 189 Å². The summed E-state index contributed by atoms with van der Waals surface area (Å²) in [5.74, 6) is -0.408. The molecule has 4 aromatic rings. The Morgan fingerprint density at radius 1 is 1.09 bits per heavy atom. The van der Waals surface area contributed by atoms with Gasteiger partial charge in [-0.05, 0) is 17.2 Å². The van der Waals surface area contributed by atoms with Gasteiger partial charge >= 0.3 is 5.69 Å². The maximum Gasteiger partial charge on any atom is 0.330 e. The number of fused-ring (bicyclic) bond motifs is 1. The van der Waals surface area contributed by atoms with E-state index in [1.165, 1.54) is 16.6 Å². The van der Waals surface area contributed by atoms with Crippen LogP contribution in [0.3, 0.4) is 0 Å². The number of hydrogen-bond acceptors (Lipinski definition) is 5. The lowest BCUT2D eigenvalue weighted by Crippen LogP contribution is -2.43. The van der Waals surface area contributed by atoms with Crippen molar-refractivity contribution in [3.63, 3.8) is 0 Å². The predicted molar refractivity (Wildman–Crippen MR) is 128 cm³/mol. The number of carbonyl (C=O) groups excluding carboxylic acids is 1. The third-order valence-electron chi connectivity index (χ3n) is 5.50. The Bertz CT molecular complexity index is 1390. The third-order valence-corrected chi connectivity index (χ3v) is 5.50. The van der Waals surface area contributed by atoms with Gasteiger partial charge in [-0.1, -0.05) is 48.5 Å². The molecule has 0 fully saturated rings. The molecule has 2 heterocycles. The average Bonchev–Trinajstić information content (AvgIpc) is 3.22. The van der Waals surface area contributed by atoms with E-state index in [4.69, 9.17) is 10.5 Å². The van der Waals surface area contributed by atoms with Gasteiger partial charge in [0.05, 0.1) is 19.6 Å². The maximum absolute atomic E-state index is 13.4. The fourth-order valence-corrected chi connectivity index (χ4v) is 3.84. The molecule has 2 aromatic carbocycles. The van der Waals surface area contributed by atoms with Crippen molar-refractivity contribution in [2.45, 2.75) is 13.0 Å². The van der Waals surface area contributed by atoms with Crippen LogP contribution in [0.5, 0.6) is 0 Å². The number of ether oxygens (including phenoxy) is 1. The molecule has 0 aliphatic rings. The maximum atomic E-state index is 13.4. The smallest absolute Gasteiger partial charge is 0.330 e. The zero-order valence-electron chi connectivity index (χ0n) is 18.2. The molecule has 9 heteroatoms. The van der Waals surface area contributed by atoms with Crippen LogP contribution < -0.4 is 21.9 Å². The molecular weight excluding hydrogens is 422 g/mol. The zero-order valence-corrected chi connectivity index (χ0v) is 18.2. The summed E-state index contributed by atoms with van der Waals surface area (Å²) in [6.45, 7) is 0.453. The van der Waals surface area contributed by atoms with Crippen LogP contribution in [0.25, 0.3) is 10.9 Å². The quantitative estimate of drug-likeness (QED) is 0.380. The predicted octanol–water partition coefficient (Wildman–Crippen LogP) is 1.87. The normalized spacial score (nSPS) is 11.1. The number of anilines is 2. The van der Waals surface area contributed by atoms with Crippen molar-refractivity contribution in [3.05, 3.63) is 92.8 Å². The monoisotopic (exact) mass is 447 g/mol. The molecule has 0 saturated carbocycles. The number of hydrogen-bond donors (Lipinski definition) is 3. The van der Waals surface area contributed by atoms with Gasteiger partial charge < -0.3 is 20.4 Å². The van der Waals surface area contributed by atoms with Crippen LogP contribution in [-0.4, -0.2) is 40.7 Å². The van der Waals surface area contributed by atoms with Gasteiger partial charge in [-0.25, -0.2) is 4.79 Å². The number of nitrogens with one attached hydrogen (secondary N) is 2. The van der Waals surface area contributed by atoms with Crippen molar-refractivity contribution in [1.82, 2.24) is 14.5 Å². The summed E-state index contributed by atoms with van der Waals surface area (Å²) in [5, 5.41) is 0.925. The van der Waals surface area contributed by atoms with Crippen LogP contribution in [0.2, 0.25) is 0 Å². The molecule has 9 nitrogen and oxygen atoms in total. The van der Waals surface area contributed by atoms with E-state index in [1.54, 1.807) is 6.20 Å². The molecule has 0 aliphatic carbocycles. The van der Waals surface area contributed by atoms with E-state index in [2.05, 4.69) is 9.97 Å². The number of methoxy groups -OCH3 is 1. The molecule has 2 aromatic heterocycles. The van der Waals surface area contributed by atoms with E-state index in [9.17, 15) is 14.4 Å². The Kier molecular flexibility index (Phi) is 6.41. The Morgan fingerprint density at radius 3 is 2.58 bits per heavy atom. The number of para-hydroxylation sites is 1. The molecule has 0 saturated heterocycles. The highest BCUT2D eigenvalue weighted by atomic mass is 16.5. The van der Waals surface area contributed by atoms with E-state index >= 15 is 0 Å². The topological polar surface area (TPSA) is 126 Å².